The first-order valence-electron chi connectivity index (χ1n) is 13.0. The second-order valence-corrected chi connectivity index (χ2v) is 10.2. The quantitative estimate of drug-likeness (QED) is 0.310. The van der Waals surface area contributed by atoms with Crippen LogP contribution < -0.4 is 0 Å². The minimum Gasteiger partial charge on any atom is -0.207 e. The van der Waals surface area contributed by atoms with Gasteiger partial charge in [0, 0.05) is 0 Å². The highest BCUT2D eigenvalue weighted by Gasteiger charge is 2.24. The molecule has 3 aromatic rings. The molecule has 3 aromatic carbocycles. The standard InChI is InChI=1S/C32H39F/c1-3-7-31-21-16-27(23-32(31)33)11-10-25-12-17-29(18-13-25)30-19-14-26(15-20-30)22-24(2)28-8-5-4-6-9-28/h4-6,8-9,12-13,16-18,21,23-24,26,30H,3,7,10-11,14-15,19-20,22H2,1-2H3/t24-,26?,30?/m1/s1. The van der Waals surface area contributed by atoms with E-state index in [1.54, 1.807) is 6.07 Å². The summed E-state index contributed by atoms with van der Waals surface area (Å²) in [6.45, 7) is 4.48. The predicted octanol–water partition coefficient (Wildman–Crippen LogP) is 9.03. The molecule has 0 N–H and O–H groups in total. The summed E-state index contributed by atoms with van der Waals surface area (Å²) in [5.41, 5.74) is 6.27. The van der Waals surface area contributed by atoms with Gasteiger partial charge < -0.3 is 0 Å². The number of hydrogen-bond donors (Lipinski definition) is 0. The molecule has 174 valence electrons. The highest BCUT2D eigenvalue weighted by Crippen LogP contribution is 2.39. The summed E-state index contributed by atoms with van der Waals surface area (Å²) in [5.74, 6) is 2.18. The maximum atomic E-state index is 14.2. The zero-order valence-electron chi connectivity index (χ0n) is 20.4. The molecular weight excluding hydrogens is 403 g/mol. The van der Waals surface area contributed by atoms with Crippen LogP contribution in [0.1, 0.15) is 92.0 Å². The van der Waals surface area contributed by atoms with Crippen molar-refractivity contribution in [1.29, 1.82) is 0 Å². The van der Waals surface area contributed by atoms with E-state index in [9.17, 15) is 4.39 Å². The van der Waals surface area contributed by atoms with Crippen LogP contribution in [0, 0.1) is 11.7 Å². The summed E-state index contributed by atoms with van der Waals surface area (Å²) >= 11 is 0. The third-order valence-corrected chi connectivity index (χ3v) is 7.69. The summed E-state index contributed by atoms with van der Waals surface area (Å²) in [4.78, 5) is 0. The largest absolute Gasteiger partial charge is 0.207 e. The third kappa shape index (κ3) is 6.56. The van der Waals surface area contributed by atoms with E-state index < -0.39 is 0 Å². The van der Waals surface area contributed by atoms with Gasteiger partial charge in [0.15, 0.2) is 0 Å². The van der Waals surface area contributed by atoms with Crippen molar-refractivity contribution in [3.8, 4) is 0 Å². The molecule has 0 radical (unpaired) electrons. The summed E-state index contributed by atoms with van der Waals surface area (Å²) in [5, 5.41) is 0. The Balaban J connectivity index is 1.25. The molecule has 1 aliphatic rings. The topological polar surface area (TPSA) is 0 Å². The van der Waals surface area contributed by atoms with E-state index in [0.717, 1.165) is 42.7 Å². The molecule has 0 nitrogen and oxygen atoms in total. The zero-order valence-corrected chi connectivity index (χ0v) is 20.4. The molecular formula is C32H39F. The average Bonchev–Trinajstić information content (AvgIpc) is 2.86. The average molecular weight is 443 g/mol. The fourth-order valence-electron chi connectivity index (χ4n) is 5.61. The molecule has 1 fully saturated rings. The molecule has 1 heteroatoms. The molecule has 0 amide bonds. The van der Waals surface area contributed by atoms with Gasteiger partial charge in [-0.2, -0.15) is 0 Å². The van der Waals surface area contributed by atoms with Gasteiger partial charge in [0.05, 0.1) is 0 Å². The Morgan fingerprint density at radius 1 is 0.788 bits per heavy atom. The first-order chi connectivity index (χ1) is 16.1. The molecule has 0 spiro atoms. The van der Waals surface area contributed by atoms with E-state index in [1.807, 2.05) is 6.07 Å². The van der Waals surface area contributed by atoms with E-state index in [0.29, 0.717) is 11.8 Å². The van der Waals surface area contributed by atoms with Gasteiger partial charge in [-0.25, -0.2) is 4.39 Å². The zero-order chi connectivity index (χ0) is 23.0. The first kappa shape index (κ1) is 23.7. The fourth-order valence-corrected chi connectivity index (χ4v) is 5.61. The smallest absolute Gasteiger partial charge is 0.126 e. The molecule has 0 heterocycles. The van der Waals surface area contributed by atoms with Crippen LogP contribution in [-0.2, 0) is 19.3 Å². The van der Waals surface area contributed by atoms with Crippen LogP contribution in [0.25, 0.3) is 0 Å². The lowest BCUT2D eigenvalue weighted by atomic mass is 9.75. The van der Waals surface area contributed by atoms with Crippen LogP contribution in [-0.4, -0.2) is 0 Å². The SMILES string of the molecule is CCCc1ccc(CCc2ccc(C3CCC(C[C@@H](C)c4ccccc4)CC3)cc2)cc1F. The molecule has 1 aliphatic carbocycles. The molecule has 0 aliphatic heterocycles. The number of halogens is 1. The normalized spacial score (nSPS) is 19.4. The number of aryl methyl sites for hydroxylation is 3. The Hall–Kier alpha value is -2.41. The maximum Gasteiger partial charge on any atom is 0.126 e. The van der Waals surface area contributed by atoms with Gasteiger partial charge in [-0.05, 0) is 103 Å². The maximum absolute atomic E-state index is 14.2. The van der Waals surface area contributed by atoms with Gasteiger partial charge in [-0.15, -0.1) is 0 Å². The Morgan fingerprint density at radius 3 is 2.12 bits per heavy atom. The van der Waals surface area contributed by atoms with Crippen LogP contribution in [0.3, 0.4) is 0 Å². The minimum absolute atomic E-state index is 0.0431. The van der Waals surface area contributed by atoms with Gasteiger partial charge in [0.25, 0.3) is 0 Å². The molecule has 0 unspecified atom stereocenters. The number of rotatable bonds is 9. The highest BCUT2D eigenvalue weighted by molar-refractivity contribution is 5.29. The predicted molar refractivity (Wildman–Crippen MR) is 138 cm³/mol. The highest BCUT2D eigenvalue weighted by atomic mass is 19.1. The molecule has 0 aromatic heterocycles. The van der Waals surface area contributed by atoms with Crippen molar-refractivity contribution >= 4 is 0 Å². The summed E-state index contributed by atoms with van der Waals surface area (Å²) < 4.78 is 14.2. The second-order valence-electron chi connectivity index (χ2n) is 10.2. The van der Waals surface area contributed by atoms with Crippen molar-refractivity contribution in [2.75, 3.05) is 0 Å². The Kier molecular flexibility index (Phi) is 8.37. The van der Waals surface area contributed by atoms with Crippen LogP contribution in [0.5, 0.6) is 0 Å². The third-order valence-electron chi connectivity index (χ3n) is 7.69. The second kappa shape index (κ2) is 11.6. The van der Waals surface area contributed by atoms with Gasteiger partial charge >= 0.3 is 0 Å². The van der Waals surface area contributed by atoms with Crippen LogP contribution in [0.2, 0.25) is 0 Å². The van der Waals surface area contributed by atoms with Crippen molar-refractivity contribution in [2.24, 2.45) is 5.92 Å². The van der Waals surface area contributed by atoms with Gasteiger partial charge in [0.2, 0.25) is 0 Å². The molecule has 1 atom stereocenters. The molecule has 1 saturated carbocycles. The fraction of sp³-hybridized carbons (Fsp3) is 0.438. The molecule has 33 heavy (non-hydrogen) atoms. The van der Waals surface area contributed by atoms with E-state index in [4.69, 9.17) is 0 Å². The summed E-state index contributed by atoms with van der Waals surface area (Å²) in [6, 6.07) is 26.0. The molecule has 4 rings (SSSR count). The first-order valence-corrected chi connectivity index (χ1v) is 13.0. The minimum atomic E-state index is -0.0431. The molecule has 0 bridgehead atoms. The van der Waals surface area contributed by atoms with Crippen LogP contribution in [0.15, 0.2) is 72.8 Å². The van der Waals surface area contributed by atoms with Crippen molar-refractivity contribution < 1.29 is 4.39 Å². The van der Waals surface area contributed by atoms with Gasteiger partial charge in [0.1, 0.15) is 5.82 Å². The van der Waals surface area contributed by atoms with Crippen LogP contribution in [0.4, 0.5) is 4.39 Å². The number of benzene rings is 3. The Bertz CT molecular complexity index is 981. The van der Waals surface area contributed by atoms with E-state index in [2.05, 4.69) is 74.5 Å². The lowest BCUT2D eigenvalue weighted by Gasteiger charge is -2.30. The monoisotopic (exact) mass is 442 g/mol. The van der Waals surface area contributed by atoms with Crippen molar-refractivity contribution in [3.05, 3.63) is 106 Å². The van der Waals surface area contributed by atoms with E-state index in [1.165, 1.54) is 48.8 Å². The summed E-state index contributed by atoms with van der Waals surface area (Å²) in [7, 11) is 0. The van der Waals surface area contributed by atoms with E-state index in [-0.39, 0.29) is 5.82 Å². The summed E-state index contributed by atoms with van der Waals surface area (Å²) in [6.07, 6.45) is 10.3. The van der Waals surface area contributed by atoms with Gasteiger partial charge in [-0.3, -0.25) is 0 Å². The number of hydrogen-bond acceptors (Lipinski definition) is 0. The Labute approximate surface area is 200 Å². The van der Waals surface area contributed by atoms with Crippen molar-refractivity contribution in [1.82, 2.24) is 0 Å². The Morgan fingerprint density at radius 2 is 1.45 bits per heavy atom. The van der Waals surface area contributed by atoms with Crippen molar-refractivity contribution in [2.45, 2.75) is 83.5 Å². The van der Waals surface area contributed by atoms with Crippen molar-refractivity contribution in [3.63, 3.8) is 0 Å². The van der Waals surface area contributed by atoms with E-state index >= 15 is 0 Å². The van der Waals surface area contributed by atoms with Crippen LogP contribution >= 0.6 is 0 Å². The lowest BCUT2D eigenvalue weighted by Crippen LogP contribution is -2.15. The lowest BCUT2D eigenvalue weighted by molar-refractivity contribution is 0.297. The van der Waals surface area contributed by atoms with Gasteiger partial charge in [-0.1, -0.05) is 87.0 Å². The molecule has 0 saturated heterocycles.